The molecule has 0 heterocycles. The first-order valence-electron chi connectivity index (χ1n) is 17.8. The topological polar surface area (TPSA) is 0 Å². The van der Waals surface area contributed by atoms with Crippen molar-refractivity contribution in [1.29, 1.82) is 0 Å². The summed E-state index contributed by atoms with van der Waals surface area (Å²) in [6.07, 6.45) is 19.4. The van der Waals surface area contributed by atoms with Crippen molar-refractivity contribution in [1.82, 2.24) is 0 Å². The zero-order valence-corrected chi connectivity index (χ0v) is 28.8. The normalized spacial score (nSPS) is 18.3. The Morgan fingerprint density at radius 1 is 0.467 bits per heavy atom. The van der Waals surface area contributed by atoms with E-state index in [4.69, 9.17) is 0 Å². The molecular formula is C44H48Si. The van der Waals surface area contributed by atoms with Crippen LogP contribution in [0.2, 0.25) is 11.1 Å². The van der Waals surface area contributed by atoms with E-state index in [0.29, 0.717) is 0 Å². The zero-order chi connectivity index (χ0) is 30.7. The highest BCUT2D eigenvalue weighted by molar-refractivity contribution is 6.96. The fraction of sp³-hybridized carbons (Fsp3) is 0.364. The first-order chi connectivity index (χ1) is 22.0. The molecule has 228 valence electrons. The smallest absolute Gasteiger partial charge is 0.0704 e. The van der Waals surface area contributed by atoms with E-state index in [1.807, 2.05) is 10.4 Å². The van der Waals surface area contributed by atoms with E-state index in [1.165, 1.54) is 120 Å². The van der Waals surface area contributed by atoms with Crippen LogP contribution < -0.4 is 0 Å². The first kappa shape index (κ1) is 29.0. The Labute approximate surface area is 272 Å². The molecule has 0 unspecified atom stereocenters. The fourth-order valence-electron chi connectivity index (χ4n) is 10.5. The van der Waals surface area contributed by atoms with Crippen LogP contribution in [0.1, 0.15) is 95.9 Å². The van der Waals surface area contributed by atoms with Crippen LogP contribution in [0.5, 0.6) is 0 Å². The van der Waals surface area contributed by atoms with Crippen LogP contribution in [0.15, 0.2) is 83.2 Å². The van der Waals surface area contributed by atoms with Crippen LogP contribution in [-0.4, -0.2) is 8.07 Å². The van der Waals surface area contributed by atoms with Gasteiger partial charge in [0.05, 0.1) is 0 Å². The second kappa shape index (κ2) is 11.4. The molecule has 45 heavy (non-hydrogen) atoms. The monoisotopic (exact) mass is 604 g/mol. The molecule has 0 bridgehead atoms. The van der Waals surface area contributed by atoms with Crippen LogP contribution in [-0.2, 0) is 12.8 Å². The van der Waals surface area contributed by atoms with Crippen molar-refractivity contribution >= 4 is 20.2 Å². The highest BCUT2D eigenvalue weighted by atomic mass is 28.3. The summed E-state index contributed by atoms with van der Waals surface area (Å²) in [6, 6.07) is 28.0. The number of rotatable bonds is 6. The predicted octanol–water partition coefficient (Wildman–Crippen LogP) is 12.2. The van der Waals surface area contributed by atoms with Crippen molar-refractivity contribution in [2.75, 3.05) is 0 Å². The summed E-state index contributed by atoms with van der Waals surface area (Å²) in [5.41, 5.74) is 19.4. The lowest BCUT2D eigenvalue weighted by Gasteiger charge is -2.45. The summed E-state index contributed by atoms with van der Waals surface area (Å²) >= 11 is 0. The van der Waals surface area contributed by atoms with Gasteiger partial charge in [0.2, 0.25) is 0 Å². The minimum atomic E-state index is -2.04. The predicted molar refractivity (Wildman–Crippen MR) is 196 cm³/mol. The molecule has 4 aliphatic carbocycles. The third-order valence-corrected chi connectivity index (χ3v) is 18.9. The van der Waals surface area contributed by atoms with Crippen molar-refractivity contribution < 1.29 is 0 Å². The van der Waals surface area contributed by atoms with Gasteiger partial charge in [-0.05, 0) is 118 Å². The Hall–Kier alpha value is -3.42. The number of hydrogen-bond donors (Lipinski definition) is 0. The maximum atomic E-state index is 2.79. The molecule has 2 fully saturated rings. The van der Waals surface area contributed by atoms with E-state index in [-0.39, 0.29) is 0 Å². The van der Waals surface area contributed by atoms with E-state index < -0.39 is 8.07 Å². The SMILES string of the molecule is Cc1cccc(C)c1-c1cccc2c1C=C([Si](C1=Cc3c(cccc3-c3c(C)cccc3C)C1)(C1CCCC1)C1CCCC1)C2. The Bertz CT molecular complexity index is 1680. The maximum Gasteiger partial charge on any atom is 0.115 e. The minimum absolute atomic E-state index is 0.883. The van der Waals surface area contributed by atoms with Gasteiger partial charge in [-0.15, -0.1) is 0 Å². The summed E-state index contributed by atoms with van der Waals surface area (Å²) in [4.78, 5) is 0. The molecule has 0 atom stereocenters. The third kappa shape index (κ3) is 4.60. The molecular weight excluding hydrogens is 557 g/mol. The van der Waals surface area contributed by atoms with E-state index in [1.54, 1.807) is 11.1 Å². The average Bonchev–Trinajstić information content (AvgIpc) is 3.86. The molecule has 1 heteroatoms. The van der Waals surface area contributed by atoms with Crippen LogP contribution in [0.3, 0.4) is 0 Å². The summed E-state index contributed by atoms with van der Waals surface area (Å²) < 4.78 is 0. The Morgan fingerprint density at radius 3 is 1.20 bits per heavy atom. The molecule has 0 N–H and O–H groups in total. The molecule has 0 spiro atoms. The van der Waals surface area contributed by atoms with Crippen LogP contribution in [0, 0.1) is 27.7 Å². The van der Waals surface area contributed by atoms with Gasteiger partial charge in [0, 0.05) is 0 Å². The molecule has 4 aliphatic rings. The molecule has 0 aromatic heterocycles. The van der Waals surface area contributed by atoms with Gasteiger partial charge in [0.25, 0.3) is 0 Å². The fourth-order valence-corrected chi connectivity index (χ4v) is 18.1. The van der Waals surface area contributed by atoms with Crippen LogP contribution in [0.4, 0.5) is 0 Å². The summed E-state index contributed by atoms with van der Waals surface area (Å²) in [6.45, 7) is 9.19. The largest absolute Gasteiger partial charge is 0.115 e. The molecule has 4 aromatic rings. The highest BCUT2D eigenvalue weighted by Crippen LogP contribution is 2.60. The van der Waals surface area contributed by atoms with Crippen LogP contribution in [0.25, 0.3) is 34.4 Å². The lowest BCUT2D eigenvalue weighted by molar-refractivity contribution is 0.749. The van der Waals surface area contributed by atoms with E-state index in [2.05, 4.69) is 113 Å². The molecule has 0 amide bonds. The first-order valence-corrected chi connectivity index (χ1v) is 19.9. The number of benzene rings is 4. The van der Waals surface area contributed by atoms with Crippen molar-refractivity contribution in [2.45, 2.75) is 103 Å². The molecule has 4 aromatic carbocycles. The maximum absolute atomic E-state index is 2.79. The van der Waals surface area contributed by atoms with Gasteiger partial charge in [-0.1, -0.05) is 147 Å². The van der Waals surface area contributed by atoms with E-state index in [9.17, 15) is 0 Å². The van der Waals surface area contributed by atoms with Gasteiger partial charge in [-0.25, -0.2) is 0 Å². The lowest BCUT2D eigenvalue weighted by atomic mass is 9.91. The molecule has 2 saturated carbocycles. The summed E-state index contributed by atoms with van der Waals surface area (Å²) in [5, 5.41) is 3.75. The second-order valence-corrected chi connectivity index (χ2v) is 19.5. The second-order valence-electron chi connectivity index (χ2n) is 14.8. The Kier molecular flexibility index (Phi) is 7.37. The molecule has 0 radical (unpaired) electrons. The van der Waals surface area contributed by atoms with Gasteiger partial charge in [-0.3, -0.25) is 0 Å². The van der Waals surface area contributed by atoms with Gasteiger partial charge >= 0.3 is 0 Å². The summed E-state index contributed by atoms with van der Waals surface area (Å²) in [5.74, 6) is 0. The number of fused-ring (bicyclic) bond motifs is 2. The van der Waals surface area contributed by atoms with E-state index >= 15 is 0 Å². The van der Waals surface area contributed by atoms with Gasteiger partial charge in [-0.2, -0.15) is 0 Å². The Morgan fingerprint density at radius 2 is 0.822 bits per heavy atom. The third-order valence-electron chi connectivity index (χ3n) is 12.4. The quantitative estimate of drug-likeness (QED) is 0.192. The van der Waals surface area contributed by atoms with Crippen LogP contribution >= 0.6 is 0 Å². The highest BCUT2D eigenvalue weighted by Gasteiger charge is 2.55. The van der Waals surface area contributed by atoms with Gasteiger partial charge in [0.1, 0.15) is 8.07 Å². The molecule has 8 rings (SSSR count). The van der Waals surface area contributed by atoms with Crippen molar-refractivity contribution in [2.24, 2.45) is 0 Å². The molecule has 0 aliphatic heterocycles. The lowest BCUT2D eigenvalue weighted by Crippen LogP contribution is -2.48. The van der Waals surface area contributed by atoms with Crippen molar-refractivity contribution in [3.8, 4) is 22.3 Å². The van der Waals surface area contributed by atoms with Crippen molar-refractivity contribution in [3.05, 3.63) is 128 Å². The molecule has 0 saturated heterocycles. The molecule has 0 nitrogen and oxygen atoms in total. The van der Waals surface area contributed by atoms with Crippen molar-refractivity contribution in [3.63, 3.8) is 0 Å². The summed E-state index contributed by atoms with van der Waals surface area (Å²) in [7, 11) is -2.04. The zero-order valence-electron chi connectivity index (χ0n) is 27.8. The Balaban J connectivity index is 1.33. The van der Waals surface area contributed by atoms with E-state index in [0.717, 1.165) is 11.1 Å². The minimum Gasteiger partial charge on any atom is -0.0704 e. The number of allylic oxidation sites excluding steroid dienone is 2. The standard InChI is InChI=1S/C44H48Si/c1-29-13-9-14-30(2)43(29)39-23-11-17-33-25-37(27-41(33)39)45(35-19-5-6-20-35,36-21-7-8-22-36)38-26-34-18-12-24-40(42(34)28-38)44-31(3)15-10-16-32(44)4/h9-18,23-24,27-28,35-36H,5-8,19-22,25-26H2,1-4H3. The average molecular weight is 605 g/mol. The van der Waals surface area contributed by atoms with Gasteiger partial charge < -0.3 is 0 Å². The van der Waals surface area contributed by atoms with Gasteiger partial charge in [0.15, 0.2) is 0 Å². The number of aryl methyl sites for hydroxylation is 4. The number of hydrogen-bond acceptors (Lipinski definition) is 0.